The number of nitrogens with zero attached hydrogens (tertiary/aromatic N) is 1. The fraction of sp³-hybridized carbons (Fsp3) is 0.412. The molecule has 0 aliphatic rings. The summed E-state index contributed by atoms with van der Waals surface area (Å²) in [6, 6.07) is 11.5. The van der Waals surface area contributed by atoms with E-state index in [9.17, 15) is 0 Å². The van der Waals surface area contributed by atoms with Crippen molar-refractivity contribution in [2.75, 3.05) is 27.2 Å². The lowest BCUT2D eigenvalue weighted by molar-refractivity contribution is -0.904. The monoisotopic (exact) mass is 386 g/mol. The summed E-state index contributed by atoms with van der Waals surface area (Å²) in [5.74, 6) is 1.77. The highest BCUT2D eigenvalue weighted by atomic mass is 79.9. The van der Waals surface area contributed by atoms with Crippen molar-refractivity contribution in [1.82, 2.24) is 0 Å². The summed E-state index contributed by atoms with van der Waals surface area (Å²) < 4.78 is 13.0. The highest BCUT2D eigenvalue weighted by Gasteiger charge is 2.17. The van der Waals surface area contributed by atoms with Crippen molar-refractivity contribution in [1.29, 1.82) is 0 Å². The molecular weight excluding hydrogens is 366 g/mol. The number of halogens is 2. The second-order valence-electron chi connectivity index (χ2n) is 6.01. The van der Waals surface area contributed by atoms with Crippen LogP contribution in [0.5, 0.6) is 5.75 Å². The van der Waals surface area contributed by atoms with Crippen molar-refractivity contribution in [3.05, 3.63) is 51.9 Å². The normalized spacial score (nSPS) is 11.6. The standard InChI is InChI=1S/C17H22BrClNO2/c1-20(2,13-14-9-10-17(18)22-14)11-5-6-12-21-16-8-4-3-7-15(16)19/h3-4,7-10H,5-6,11-13H2,1-2H3/q+1. The Kier molecular flexibility index (Phi) is 6.36. The number of para-hydroxylation sites is 1. The van der Waals surface area contributed by atoms with Gasteiger partial charge >= 0.3 is 0 Å². The molecule has 0 bridgehead atoms. The summed E-state index contributed by atoms with van der Waals surface area (Å²) >= 11 is 9.40. The van der Waals surface area contributed by atoms with Crippen molar-refractivity contribution in [2.24, 2.45) is 0 Å². The molecule has 0 aliphatic carbocycles. The Balaban J connectivity index is 1.68. The maximum Gasteiger partial charge on any atom is 0.169 e. The van der Waals surface area contributed by atoms with Crippen molar-refractivity contribution in [2.45, 2.75) is 19.4 Å². The van der Waals surface area contributed by atoms with Gasteiger partial charge < -0.3 is 13.6 Å². The Morgan fingerprint density at radius 1 is 1.14 bits per heavy atom. The topological polar surface area (TPSA) is 22.4 Å². The Labute approximate surface area is 145 Å². The van der Waals surface area contributed by atoms with E-state index in [-0.39, 0.29) is 0 Å². The van der Waals surface area contributed by atoms with Crippen LogP contribution in [0.1, 0.15) is 18.6 Å². The lowest BCUT2D eigenvalue weighted by Gasteiger charge is -2.28. The summed E-state index contributed by atoms with van der Waals surface area (Å²) in [5, 5.41) is 0.669. The minimum atomic E-state index is 0.669. The summed E-state index contributed by atoms with van der Waals surface area (Å²) in [4.78, 5) is 0. The number of ether oxygens (including phenoxy) is 1. The molecular formula is C17H22BrClNO2+. The van der Waals surface area contributed by atoms with Crippen LogP contribution in [0.3, 0.4) is 0 Å². The molecule has 0 aliphatic heterocycles. The van der Waals surface area contributed by atoms with E-state index in [1.807, 2.05) is 36.4 Å². The Morgan fingerprint density at radius 2 is 1.91 bits per heavy atom. The minimum Gasteiger partial charge on any atom is -0.492 e. The number of benzene rings is 1. The lowest BCUT2D eigenvalue weighted by Crippen LogP contribution is -2.39. The molecule has 0 amide bonds. The average Bonchev–Trinajstić information content (AvgIpc) is 2.84. The van der Waals surface area contributed by atoms with Crippen LogP contribution in [-0.4, -0.2) is 31.7 Å². The third kappa shape index (κ3) is 5.67. The van der Waals surface area contributed by atoms with Crippen molar-refractivity contribution in [3.8, 4) is 5.75 Å². The molecule has 22 heavy (non-hydrogen) atoms. The van der Waals surface area contributed by atoms with E-state index in [1.165, 1.54) is 0 Å². The molecule has 3 nitrogen and oxygen atoms in total. The Bertz CT molecular complexity index is 598. The zero-order valence-corrected chi connectivity index (χ0v) is 15.4. The molecule has 0 atom stereocenters. The first-order chi connectivity index (χ1) is 10.5. The van der Waals surface area contributed by atoms with Crippen LogP contribution in [0, 0.1) is 0 Å². The van der Waals surface area contributed by atoms with E-state index in [0.717, 1.165) is 46.6 Å². The molecule has 120 valence electrons. The molecule has 0 spiro atoms. The van der Waals surface area contributed by atoms with Gasteiger partial charge in [-0.3, -0.25) is 0 Å². The van der Waals surface area contributed by atoms with Gasteiger partial charge in [-0.05, 0) is 53.0 Å². The van der Waals surface area contributed by atoms with Crippen LogP contribution >= 0.6 is 27.5 Å². The Hall–Kier alpha value is -0.970. The fourth-order valence-electron chi connectivity index (χ4n) is 2.32. The molecule has 2 aromatic rings. The summed E-state index contributed by atoms with van der Waals surface area (Å²) in [6.45, 7) is 2.65. The number of quaternary nitrogens is 1. The number of unbranched alkanes of at least 4 members (excludes halogenated alkanes) is 1. The number of hydrogen-bond donors (Lipinski definition) is 0. The van der Waals surface area contributed by atoms with Gasteiger partial charge in [0.25, 0.3) is 0 Å². The van der Waals surface area contributed by atoms with Crippen LogP contribution in [0.2, 0.25) is 5.02 Å². The van der Waals surface area contributed by atoms with Gasteiger partial charge in [0.1, 0.15) is 12.3 Å². The van der Waals surface area contributed by atoms with Gasteiger partial charge in [-0.2, -0.15) is 0 Å². The van der Waals surface area contributed by atoms with Crippen molar-refractivity contribution >= 4 is 27.5 Å². The van der Waals surface area contributed by atoms with Crippen LogP contribution in [0.15, 0.2) is 45.5 Å². The zero-order chi connectivity index (χ0) is 16.0. The summed E-state index contributed by atoms with van der Waals surface area (Å²) in [6.07, 6.45) is 2.11. The molecule has 1 aromatic carbocycles. The molecule has 0 saturated heterocycles. The molecule has 1 aromatic heterocycles. The smallest absolute Gasteiger partial charge is 0.169 e. The largest absolute Gasteiger partial charge is 0.492 e. The maximum atomic E-state index is 6.06. The van der Waals surface area contributed by atoms with Gasteiger partial charge in [0.2, 0.25) is 0 Å². The third-order valence-corrected chi connectivity index (χ3v) is 4.20. The highest BCUT2D eigenvalue weighted by molar-refractivity contribution is 9.10. The van der Waals surface area contributed by atoms with Crippen LogP contribution in [0.25, 0.3) is 0 Å². The molecule has 0 radical (unpaired) electrons. The number of hydrogen-bond acceptors (Lipinski definition) is 2. The van der Waals surface area contributed by atoms with Gasteiger partial charge in [0.15, 0.2) is 10.4 Å². The van der Waals surface area contributed by atoms with E-state index in [4.69, 9.17) is 20.8 Å². The molecule has 0 fully saturated rings. The van der Waals surface area contributed by atoms with Crippen LogP contribution in [0.4, 0.5) is 0 Å². The quantitative estimate of drug-likeness (QED) is 0.463. The van der Waals surface area contributed by atoms with Gasteiger partial charge in [-0.25, -0.2) is 0 Å². The molecule has 0 unspecified atom stereocenters. The molecule has 0 N–H and O–H groups in total. The van der Waals surface area contributed by atoms with Gasteiger partial charge in [0.05, 0.1) is 32.3 Å². The van der Waals surface area contributed by atoms with Crippen LogP contribution in [-0.2, 0) is 6.54 Å². The second kappa shape index (κ2) is 8.04. The van der Waals surface area contributed by atoms with Gasteiger partial charge in [-0.15, -0.1) is 0 Å². The minimum absolute atomic E-state index is 0.669. The first-order valence-electron chi connectivity index (χ1n) is 7.40. The van der Waals surface area contributed by atoms with Crippen molar-refractivity contribution < 1.29 is 13.6 Å². The van der Waals surface area contributed by atoms with Gasteiger partial charge in [0, 0.05) is 0 Å². The first kappa shape index (κ1) is 17.4. The van der Waals surface area contributed by atoms with Crippen molar-refractivity contribution in [3.63, 3.8) is 0 Å². The molecule has 0 saturated carbocycles. The summed E-state index contributed by atoms with van der Waals surface area (Å²) in [7, 11) is 4.43. The van der Waals surface area contributed by atoms with E-state index >= 15 is 0 Å². The maximum absolute atomic E-state index is 6.06. The predicted octanol–water partition coefficient (Wildman–Crippen LogP) is 5.13. The van der Waals surface area contributed by atoms with E-state index in [2.05, 4.69) is 30.0 Å². The van der Waals surface area contributed by atoms with Crippen LogP contribution < -0.4 is 4.74 Å². The lowest BCUT2D eigenvalue weighted by atomic mass is 10.2. The predicted molar refractivity (Wildman–Crippen MR) is 93.3 cm³/mol. The molecule has 5 heteroatoms. The second-order valence-corrected chi connectivity index (χ2v) is 7.20. The van der Waals surface area contributed by atoms with E-state index < -0.39 is 0 Å². The third-order valence-electron chi connectivity index (χ3n) is 3.46. The number of rotatable bonds is 8. The first-order valence-corrected chi connectivity index (χ1v) is 8.57. The summed E-state index contributed by atoms with van der Waals surface area (Å²) in [5.41, 5.74) is 0. The SMILES string of the molecule is C[N+](C)(CCCCOc1ccccc1Cl)Cc1ccc(Br)o1. The fourth-order valence-corrected chi connectivity index (χ4v) is 2.85. The zero-order valence-electron chi connectivity index (χ0n) is 13.0. The van der Waals surface area contributed by atoms with E-state index in [0.29, 0.717) is 11.6 Å². The number of furan rings is 1. The Morgan fingerprint density at radius 3 is 2.59 bits per heavy atom. The van der Waals surface area contributed by atoms with E-state index in [1.54, 1.807) is 0 Å². The average molecular weight is 388 g/mol. The molecule has 2 rings (SSSR count). The van der Waals surface area contributed by atoms with Gasteiger partial charge in [-0.1, -0.05) is 23.7 Å². The highest BCUT2D eigenvalue weighted by Crippen LogP contribution is 2.23. The molecule has 1 heterocycles.